The summed E-state index contributed by atoms with van der Waals surface area (Å²) in [5.74, 6) is 1.83. The van der Waals surface area contributed by atoms with Gasteiger partial charge < -0.3 is 18.7 Å². The Balaban J connectivity index is 1.52. The van der Waals surface area contributed by atoms with E-state index in [0.717, 1.165) is 22.6 Å². The molecular weight excluding hydrogens is 346 g/mol. The molecule has 1 aromatic heterocycles. The first kappa shape index (κ1) is 18.5. The van der Waals surface area contributed by atoms with Crippen LogP contribution in [-0.2, 0) is 22.6 Å². The van der Waals surface area contributed by atoms with Gasteiger partial charge in [-0.15, -0.1) is 0 Å². The van der Waals surface area contributed by atoms with Gasteiger partial charge in [-0.1, -0.05) is 17.3 Å². The van der Waals surface area contributed by atoms with E-state index in [-0.39, 0.29) is 19.0 Å². The standard InChI is InChI=1S/C21H21NO5/c1-3-25-19-8-4-15(5-9-19)12-21(23)26-14-17-13-20(27-22-17)16-6-10-18(24-2)11-7-16/h4-11,13H,3,12,14H2,1-2H3. The number of benzene rings is 2. The molecule has 0 unspecified atom stereocenters. The van der Waals surface area contributed by atoms with Crippen LogP contribution in [-0.4, -0.2) is 24.8 Å². The largest absolute Gasteiger partial charge is 0.497 e. The van der Waals surface area contributed by atoms with Crippen LogP contribution >= 0.6 is 0 Å². The fourth-order valence-corrected chi connectivity index (χ4v) is 2.51. The number of aromatic nitrogens is 1. The van der Waals surface area contributed by atoms with E-state index in [1.807, 2.05) is 55.5 Å². The Kier molecular flexibility index (Phi) is 6.10. The van der Waals surface area contributed by atoms with Gasteiger partial charge in [0.25, 0.3) is 0 Å². The number of methoxy groups -OCH3 is 1. The van der Waals surface area contributed by atoms with E-state index in [1.54, 1.807) is 13.2 Å². The van der Waals surface area contributed by atoms with Gasteiger partial charge in [0.1, 0.15) is 23.8 Å². The van der Waals surface area contributed by atoms with Crippen molar-refractivity contribution < 1.29 is 23.5 Å². The average Bonchev–Trinajstić information content (AvgIpc) is 3.17. The highest BCUT2D eigenvalue weighted by molar-refractivity contribution is 5.72. The molecule has 0 fully saturated rings. The maximum absolute atomic E-state index is 12.0. The highest BCUT2D eigenvalue weighted by atomic mass is 16.5. The molecule has 2 aromatic carbocycles. The van der Waals surface area contributed by atoms with E-state index in [2.05, 4.69) is 5.16 Å². The van der Waals surface area contributed by atoms with Crippen molar-refractivity contribution in [3.05, 3.63) is 65.9 Å². The monoisotopic (exact) mass is 367 g/mol. The highest BCUT2D eigenvalue weighted by Gasteiger charge is 2.10. The zero-order chi connectivity index (χ0) is 19.1. The van der Waals surface area contributed by atoms with E-state index in [4.69, 9.17) is 18.7 Å². The van der Waals surface area contributed by atoms with E-state index >= 15 is 0 Å². The van der Waals surface area contributed by atoms with E-state index in [1.165, 1.54) is 0 Å². The summed E-state index contributed by atoms with van der Waals surface area (Å²) in [6.07, 6.45) is 0.190. The van der Waals surface area contributed by atoms with E-state index in [9.17, 15) is 4.79 Å². The molecule has 6 heteroatoms. The lowest BCUT2D eigenvalue weighted by Gasteiger charge is -2.05. The Labute approximate surface area is 157 Å². The fraction of sp³-hybridized carbons (Fsp3) is 0.238. The second kappa shape index (κ2) is 8.89. The molecule has 3 rings (SSSR count). The third-order valence-electron chi connectivity index (χ3n) is 3.90. The molecule has 0 N–H and O–H groups in total. The third-order valence-corrected chi connectivity index (χ3v) is 3.90. The van der Waals surface area contributed by atoms with Gasteiger partial charge in [0.15, 0.2) is 5.76 Å². The molecule has 0 atom stereocenters. The third kappa shape index (κ3) is 5.10. The molecule has 6 nitrogen and oxygen atoms in total. The van der Waals surface area contributed by atoms with Crippen molar-refractivity contribution in [3.63, 3.8) is 0 Å². The lowest BCUT2D eigenvalue weighted by Crippen LogP contribution is -2.08. The van der Waals surface area contributed by atoms with Crippen LogP contribution in [0.25, 0.3) is 11.3 Å². The molecule has 3 aromatic rings. The molecule has 1 heterocycles. The Bertz CT molecular complexity index is 868. The molecule has 140 valence electrons. The predicted octanol–water partition coefficient (Wildman–Crippen LogP) is 4.03. The van der Waals surface area contributed by atoms with E-state index in [0.29, 0.717) is 18.1 Å². The summed E-state index contributed by atoms with van der Waals surface area (Å²) in [5, 5.41) is 3.95. The number of carbonyl (C=O) groups is 1. The molecule has 0 radical (unpaired) electrons. The van der Waals surface area contributed by atoms with Crippen molar-refractivity contribution in [1.29, 1.82) is 0 Å². The summed E-state index contributed by atoms with van der Waals surface area (Å²) in [6.45, 7) is 2.60. The predicted molar refractivity (Wildman–Crippen MR) is 99.6 cm³/mol. The second-order valence-corrected chi connectivity index (χ2v) is 5.83. The number of esters is 1. The smallest absolute Gasteiger partial charge is 0.310 e. The minimum absolute atomic E-state index is 0.0650. The Morgan fingerprint density at radius 1 is 1.04 bits per heavy atom. The number of ether oxygens (including phenoxy) is 3. The number of rotatable bonds is 8. The first-order valence-electron chi connectivity index (χ1n) is 8.65. The summed E-state index contributed by atoms with van der Waals surface area (Å²) >= 11 is 0. The van der Waals surface area contributed by atoms with Crippen LogP contribution in [0, 0.1) is 0 Å². The minimum Gasteiger partial charge on any atom is -0.497 e. The number of nitrogens with zero attached hydrogens (tertiary/aromatic N) is 1. The van der Waals surface area contributed by atoms with Gasteiger partial charge in [0.05, 0.1) is 20.1 Å². The summed E-state index contributed by atoms with van der Waals surface area (Å²) < 4.78 is 21.1. The summed E-state index contributed by atoms with van der Waals surface area (Å²) in [5.41, 5.74) is 2.29. The van der Waals surface area contributed by atoms with Gasteiger partial charge in [0, 0.05) is 11.6 Å². The van der Waals surface area contributed by atoms with Crippen LogP contribution in [0.3, 0.4) is 0 Å². The molecule has 0 aliphatic heterocycles. The maximum atomic E-state index is 12.0. The first-order chi connectivity index (χ1) is 13.2. The summed E-state index contributed by atoms with van der Waals surface area (Å²) in [7, 11) is 1.61. The molecule has 0 bridgehead atoms. The average molecular weight is 367 g/mol. The molecule has 0 saturated heterocycles. The Morgan fingerprint density at radius 3 is 2.41 bits per heavy atom. The van der Waals surface area contributed by atoms with Gasteiger partial charge in [-0.05, 0) is 48.9 Å². The Hall–Kier alpha value is -3.28. The van der Waals surface area contributed by atoms with Crippen LogP contribution in [0.2, 0.25) is 0 Å². The maximum Gasteiger partial charge on any atom is 0.310 e. The van der Waals surface area contributed by atoms with Crippen molar-refractivity contribution in [2.24, 2.45) is 0 Å². The number of hydrogen-bond donors (Lipinski definition) is 0. The van der Waals surface area contributed by atoms with E-state index < -0.39 is 0 Å². The second-order valence-electron chi connectivity index (χ2n) is 5.83. The highest BCUT2D eigenvalue weighted by Crippen LogP contribution is 2.23. The molecule has 0 amide bonds. The zero-order valence-corrected chi connectivity index (χ0v) is 15.3. The Morgan fingerprint density at radius 2 is 1.74 bits per heavy atom. The summed E-state index contributed by atoms with van der Waals surface area (Å²) in [6, 6.07) is 16.6. The molecule has 27 heavy (non-hydrogen) atoms. The molecule has 0 aliphatic carbocycles. The zero-order valence-electron chi connectivity index (χ0n) is 15.3. The quantitative estimate of drug-likeness (QED) is 0.560. The van der Waals surface area contributed by atoms with Crippen molar-refractivity contribution in [2.75, 3.05) is 13.7 Å². The van der Waals surface area contributed by atoms with Gasteiger partial charge >= 0.3 is 5.97 Å². The van der Waals surface area contributed by atoms with Crippen LogP contribution < -0.4 is 9.47 Å². The minimum atomic E-state index is -0.326. The van der Waals surface area contributed by atoms with Crippen molar-refractivity contribution in [1.82, 2.24) is 5.16 Å². The van der Waals surface area contributed by atoms with Crippen molar-refractivity contribution >= 4 is 5.97 Å². The first-order valence-corrected chi connectivity index (χ1v) is 8.65. The SMILES string of the molecule is CCOc1ccc(CC(=O)OCc2cc(-c3ccc(OC)cc3)on2)cc1. The van der Waals surface area contributed by atoms with Crippen molar-refractivity contribution in [2.45, 2.75) is 20.0 Å². The van der Waals surface area contributed by atoms with Gasteiger partial charge in [-0.3, -0.25) is 4.79 Å². The normalized spacial score (nSPS) is 10.4. The van der Waals surface area contributed by atoms with Crippen molar-refractivity contribution in [3.8, 4) is 22.8 Å². The molecule has 0 aliphatic rings. The fourth-order valence-electron chi connectivity index (χ4n) is 2.51. The van der Waals surface area contributed by atoms with Crippen LogP contribution in [0.4, 0.5) is 0 Å². The van der Waals surface area contributed by atoms with Crippen LogP contribution in [0.5, 0.6) is 11.5 Å². The number of hydrogen-bond acceptors (Lipinski definition) is 6. The topological polar surface area (TPSA) is 70.8 Å². The summed E-state index contributed by atoms with van der Waals surface area (Å²) in [4.78, 5) is 12.0. The molecule has 0 spiro atoms. The number of carbonyl (C=O) groups excluding carboxylic acids is 1. The van der Waals surface area contributed by atoms with Crippen LogP contribution in [0.1, 0.15) is 18.2 Å². The van der Waals surface area contributed by atoms with Gasteiger partial charge in [-0.25, -0.2) is 0 Å². The van der Waals surface area contributed by atoms with Gasteiger partial charge in [-0.2, -0.15) is 0 Å². The van der Waals surface area contributed by atoms with Gasteiger partial charge in [0.2, 0.25) is 0 Å². The molecular formula is C21H21NO5. The molecule has 0 saturated carbocycles. The lowest BCUT2D eigenvalue weighted by molar-refractivity contribution is -0.144. The lowest BCUT2D eigenvalue weighted by atomic mass is 10.1. The van der Waals surface area contributed by atoms with Crippen LogP contribution in [0.15, 0.2) is 59.1 Å².